The molecule has 4 rings (SSSR count). The van der Waals surface area contributed by atoms with Crippen LogP contribution in [0.2, 0.25) is 0 Å². The summed E-state index contributed by atoms with van der Waals surface area (Å²) in [4.78, 5) is 27.0. The van der Waals surface area contributed by atoms with Gasteiger partial charge in [0.2, 0.25) is 0 Å². The third kappa shape index (κ3) is 4.00. The van der Waals surface area contributed by atoms with E-state index in [-0.39, 0.29) is 6.54 Å². The number of anilines is 1. The van der Waals surface area contributed by atoms with E-state index in [0.717, 1.165) is 23.8 Å². The predicted molar refractivity (Wildman–Crippen MR) is 107 cm³/mol. The molecule has 2 amide bonds. The van der Waals surface area contributed by atoms with Gasteiger partial charge in [0.25, 0.3) is 11.8 Å². The molecule has 0 saturated carbocycles. The van der Waals surface area contributed by atoms with Crippen LogP contribution >= 0.6 is 0 Å². The molecule has 0 aliphatic carbocycles. The van der Waals surface area contributed by atoms with Gasteiger partial charge in [0.1, 0.15) is 17.4 Å². The van der Waals surface area contributed by atoms with Crippen molar-refractivity contribution < 1.29 is 23.1 Å². The molecule has 1 aliphatic rings. The van der Waals surface area contributed by atoms with Crippen molar-refractivity contribution in [2.75, 3.05) is 11.4 Å². The van der Waals surface area contributed by atoms with Crippen LogP contribution in [-0.2, 0) is 11.3 Å². The molecule has 0 saturated heterocycles. The Bertz CT molecular complexity index is 1090. The van der Waals surface area contributed by atoms with Crippen molar-refractivity contribution in [3.05, 3.63) is 95.6 Å². The maximum Gasteiger partial charge on any atom is 0.263 e. The second kappa shape index (κ2) is 8.32. The molecule has 3 aromatic rings. The van der Waals surface area contributed by atoms with E-state index in [9.17, 15) is 18.4 Å². The van der Waals surface area contributed by atoms with Gasteiger partial charge in [-0.05, 0) is 35.9 Å². The van der Waals surface area contributed by atoms with Gasteiger partial charge < -0.3 is 15.0 Å². The summed E-state index contributed by atoms with van der Waals surface area (Å²) in [6.07, 6.45) is -0.996. The monoisotopic (exact) mass is 408 g/mol. The van der Waals surface area contributed by atoms with Gasteiger partial charge in [-0.2, -0.15) is 0 Å². The fourth-order valence-corrected chi connectivity index (χ4v) is 3.27. The summed E-state index contributed by atoms with van der Waals surface area (Å²) in [7, 11) is 0. The van der Waals surface area contributed by atoms with Crippen molar-refractivity contribution >= 4 is 17.5 Å². The third-order valence-electron chi connectivity index (χ3n) is 4.78. The Balaban J connectivity index is 1.58. The first-order valence-electron chi connectivity index (χ1n) is 9.37. The van der Waals surface area contributed by atoms with Crippen LogP contribution in [0.5, 0.6) is 5.75 Å². The van der Waals surface area contributed by atoms with E-state index in [1.165, 1.54) is 4.90 Å². The molecule has 152 valence electrons. The van der Waals surface area contributed by atoms with Gasteiger partial charge in [0.05, 0.1) is 17.8 Å². The van der Waals surface area contributed by atoms with Crippen LogP contribution in [0.4, 0.5) is 14.5 Å². The summed E-state index contributed by atoms with van der Waals surface area (Å²) >= 11 is 0. The molecule has 5 nitrogen and oxygen atoms in total. The maximum atomic E-state index is 14.2. The van der Waals surface area contributed by atoms with E-state index in [1.54, 1.807) is 24.3 Å². The Kier molecular flexibility index (Phi) is 5.43. The van der Waals surface area contributed by atoms with Crippen LogP contribution in [0.1, 0.15) is 15.9 Å². The van der Waals surface area contributed by atoms with Crippen LogP contribution in [0, 0.1) is 11.6 Å². The molecular formula is C23H18F2N2O3. The van der Waals surface area contributed by atoms with Crippen LogP contribution in [0.3, 0.4) is 0 Å². The molecule has 0 spiro atoms. The van der Waals surface area contributed by atoms with Crippen molar-refractivity contribution in [3.63, 3.8) is 0 Å². The average molecular weight is 408 g/mol. The van der Waals surface area contributed by atoms with Gasteiger partial charge in [-0.15, -0.1) is 0 Å². The van der Waals surface area contributed by atoms with Gasteiger partial charge in [-0.1, -0.05) is 42.5 Å². The zero-order valence-corrected chi connectivity index (χ0v) is 15.8. The second-order valence-electron chi connectivity index (χ2n) is 6.82. The van der Waals surface area contributed by atoms with Crippen molar-refractivity contribution in [2.24, 2.45) is 0 Å². The van der Waals surface area contributed by atoms with Crippen molar-refractivity contribution in [1.29, 1.82) is 0 Å². The zero-order chi connectivity index (χ0) is 21.1. The Hall–Kier alpha value is -3.74. The highest BCUT2D eigenvalue weighted by Gasteiger charge is 2.35. The standard InChI is InChI=1S/C23H18F2N2O3/c24-16-10-11-18(25)17(12-16)23(29)27-14-21(30-20-9-5-4-8-19(20)27)22(28)26-13-15-6-2-1-3-7-15/h1-12,21H,13-14H2,(H,26,28)/t21-/m0/s1. The van der Waals surface area contributed by atoms with Gasteiger partial charge in [-0.25, -0.2) is 8.78 Å². The molecule has 0 unspecified atom stereocenters. The van der Waals surface area contributed by atoms with Gasteiger partial charge in [0.15, 0.2) is 6.10 Å². The smallest absolute Gasteiger partial charge is 0.263 e. The molecule has 3 aromatic carbocycles. The number of ether oxygens (including phenoxy) is 1. The quantitative estimate of drug-likeness (QED) is 0.716. The fourth-order valence-electron chi connectivity index (χ4n) is 3.27. The van der Waals surface area contributed by atoms with Crippen LogP contribution < -0.4 is 15.0 Å². The number of halogens is 2. The highest BCUT2D eigenvalue weighted by molar-refractivity contribution is 6.08. The Labute approximate surface area is 171 Å². The number of hydrogen-bond acceptors (Lipinski definition) is 3. The van der Waals surface area contributed by atoms with Crippen LogP contribution in [-0.4, -0.2) is 24.5 Å². The number of fused-ring (bicyclic) bond motifs is 1. The lowest BCUT2D eigenvalue weighted by molar-refractivity contribution is -0.127. The number of rotatable bonds is 4. The van der Waals surface area contributed by atoms with Crippen molar-refractivity contribution in [2.45, 2.75) is 12.6 Å². The van der Waals surface area contributed by atoms with Crippen LogP contribution in [0.25, 0.3) is 0 Å². The summed E-state index contributed by atoms with van der Waals surface area (Å²) in [5, 5.41) is 2.78. The summed E-state index contributed by atoms with van der Waals surface area (Å²) in [5.41, 5.74) is 0.894. The highest BCUT2D eigenvalue weighted by Crippen LogP contribution is 2.34. The Morgan fingerprint density at radius 1 is 1.00 bits per heavy atom. The number of benzene rings is 3. The number of carbonyl (C=O) groups excluding carboxylic acids is 2. The van der Waals surface area contributed by atoms with E-state index in [0.29, 0.717) is 18.0 Å². The summed E-state index contributed by atoms with van der Waals surface area (Å²) < 4.78 is 33.6. The first-order chi connectivity index (χ1) is 14.5. The Morgan fingerprint density at radius 2 is 1.73 bits per heavy atom. The number of hydrogen-bond donors (Lipinski definition) is 1. The Morgan fingerprint density at radius 3 is 2.53 bits per heavy atom. The molecule has 0 fully saturated rings. The topological polar surface area (TPSA) is 58.6 Å². The number of nitrogens with zero attached hydrogens (tertiary/aromatic N) is 1. The first kappa shape index (κ1) is 19.6. The largest absolute Gasteiger partial charge is 0.477 e. The van der Waals surface area contributed by atoms with E-state index in [1.807, 2.05) is 30.3 Å². The molecule has 7 heteroatoms. The average Bonchev–Trinajstić information content (AvgIpc) is 2.78. The maximum absolute atomic E-state index is 14.2. The van der Waals surface area contributed by atoms with E-state index >= 15 is 0 Å². The van der Waals surface area contributed by atoms with Crippen LogP contribution in [0.15, 0.2) is 72.8 Å². The fraction of sp³-hybridized carbons (Fsp3) is 0.130. The van der Waals surface area contributed by atoms with E-state index in [4.69, 9.17) is 4.74 Å². The van der Waals surface area contributed by atoms with Crippen molar-refractivity contribution in [3.8, 4) is 5.75 Å². The summed E-state index contributed by atoms with van der Waals surface area (Å²) in [6, 6.07) is 18.7. The molecular weight excluding hydrogens is 390 g/mol. The van der Waals surface area contributed by atoms with E-state index < -0.39 is 35.1 Å². The first-order valence-corrected chi connectivity index (χ1v) is 9.37. The SMILES string of the molecule is O=C(NCc1ccccc1)[C@@H]1CN(C(=O)c2cc(F)ccc2F)c2ccccc2O1. The molecule has 1 heterocycles. The zero-order valence-electron chi connectivity index (χ0n) is 15.8. The molecule has 1 atom stereocenters. The minimum absolute atomic E-state index is 0.133. The lowest BCUT2D eigenvalue weighted by Gasteiger charge is -2.34. The molecule has 1 aliphatic heterocycles. The predicted octanol–water partition coefficient (Wildman–Crippen LogP) is 3.69. The second-order valence-corrected chi connectivity index (χ2v) is 6.82. The van der Waals surface area contributed by atoms with Gasteiger partial charge in [-0.3, -0.25) is 9.59 Å². The number of nitrogens with one attached hydrogen (secondary N) is 1. The molecule has 0 aromatic heterocycles. The third-order valence-corrected chi connectivity index (χ3v) is 4.78. The summed E-state index contributed by atoms with van der Waals surface area (Å²) in [6.45, 7) is 0.167. The van der Waals surface area contributed by atoms with Gasteiger partial charge in [0, 0.05) is 6.54 Å². The normalized spacial score (nSPS) is 15.1. The minimum atomic E-state index is -0.996. The van der Waals surface area contributed by atoms with Crippen molar-refractivity contribution in [1.82, 2.24) is 5.32 Å². The number of carbonyl (C=O) groups is 2. The highest BCUT2D eigenvalue weighted by atomic mass is 19.1. The lowest BCUT2D eigenvalue weighted by Crippen LogP contribution is -2.50. The molecule has 0 bridgehead atoms. The minimum Gasteiger partial charge on any atom is -0.477 e. The molecule has 0 radical (unpaired) electrons. The number of para-hydroxylation sites is 2. The number of amides is 2. The molecule has 1 N–H and O–H groups in total. The lowest BCUT2D eigenvalue weighted by atomic mass is 10.1. The van der Waals surface area contributed by atoms with Gasteiger partial charge >= 0.3 is 0 Å². The molecule has 30 heavy (non-hydrogen) atoms. The summed E-state index contributed by atoms with van der Waals surface area (Å²) in [5.74, 6) is -2.41. The van der Waals surface area contributed by atoms with E-state index in [2.05, 4.69) is 5.32 Å².